The SMILES string of the molecule is Cc1c(O)cc2oc(-c3ccc(O)c(-c4c(O)cc(O)c5c(=O)cc(-c6ccc(O)cc6)oc45)c3)cc(=O)c2c1O. The third-order valence-electron chi connectivity index (χ3n) is 6.88. The van der Waals surface area contributed by atoms with Gasteiger partial charge in [-0.15, -0.1) is 0 Å². The molecule has 0 aliphatic rings. The van der Waals surface area contributed by atoms with Gasteiger partial charge in [0.05, 0.1) is 5.56 Å². The molecule has 10 nitrogen and oxygen atoms in total. The van der Waals surface area contributed by atoms with Gasteiger partial charge in [0.15, 0.2) is 16.4 Å². The highest BCUT2D eigenvalue weighted by Crippen LogP contribution is 2.45. The minimum Gasteiger partial charge on any atom is -0.508 e. The zero-order valence-electron chi connectivity index (χ0n) is 21.2. The van der Waals surface area contributed by atoms with E-state index in [1.807, 2.05) is 0 Å². The Balaban J connectivity index is 1.61. The van der Waals surface area contributed by atoms with Crippen LogP contribution in [0.15, 0.2) is 85.2 Å². The molecule has 4 aromatic carbocycles. The molecule has 0 saturated heterocycles. The molecule has 204 valence electrons. The average Bonchev–Trinajstić information content (AvgIpc) is 2.92. The van der Waals surface area contributed by atoms with E-state index in [1.54, 1.807) is 0 Å². The van der Waals surface area contributed by atoms with Crippen LogP contribution in [-0.4, -0.2) is 30.6 Å². The van der Waals surface area contributed by atoms with Crippen LogP contribution in [0.1, 0.15) is 5.56 Å². The highest BCUT2D eigenvalue weighted by molar-refractivity contribution is 6.01. The van der Waals surface area contributed by atoms with Crippen molar-refractivity contribution in [1.82, 2.24) is 0 Å². The molecule has 6 aromatic rings. The van der Waals surface area contributed by atoms with Gasteiger partial charge in [-0.3, -0.25) is 9.59 Å². The van der Waals surface area contributed by atoms with E-state index in [4.69, 9.17) is 8.83 Å². The van der Waals surface area contributed by atoms with Crippen molar-refractivity contribution in [3.63, 3.8) is 0 Å². The maximum absolute atomic E-state index is 13.1. The van der Waals surface area contributed by atoms with Gasteiger partial charge in [0.25, 0.3) is 0 Å². The number of benzene rings is 4. The molecule has 6 rings (SSSR count). The topological polar surface area (TPSA) is 182 Å². The highest BCUT2D eigenvalue weighted by atomic mass is 16.3. The molecule has 0 amide bonds. The molecule has 2 heterocycles. The molecule has 0 saturated carbocycles. The molecule has 6 N–H and O–H groups in total. The van der Waals surface area contributed by atoms with Crippen LogP contribution in [0, 0.1) is 6.92 Å². The van der Waals surface area contributed by atoms with E-state index in [2.05, 4.69) is 0 Å². The van der Waals surface area contributed by atoms with E-state index in [1.165, 1.54) is 55.5 Å². The Bertz CT molecular complexity index is 2160. The van der Waals surface area contributed by atoms with Crippen molar-refractivity contribution in [3.05, 3.63) is 92.7 Å². The van der Waals surface area contributed by atoms with E-state index in [0.717, 1.165) is 18.2 Å². The smallest absolute Gasteiger partial charge is 0.197 e. The van der Waals surface area contributed by atoms with Crippen molar-refractivity contribution in [2.24, 2.45) is 0 Å². The molecule has 0 aliphatic carbocycles. The number of fused-ring (bicyclic) bond motifs is 2. The molecule has 0 radical (unpaired) electrons. The first-order valence-electron chi connectivity index (χ1n) is 12.2. The summed E-state index contributed by atoms with van der Waals surface area (Å²) in [6, 6.07) is 14.4. The van der Waals surface area contributed by atoms with Crippen LogP contribution in [-0.2, 0) is 0 Å². The van der Waals surface area contributed by atoms with Gasteiger partial charge in [-0.1, -0.05) is 0 Å². The largest absolute Gasteiger partial charge is 0.508 e. The fraction of sp³-hybridized carbons (Fsp3) is 0.0323. The van der Waals surface area contributed by atoms with E-state index >= 15 is 0 Å². The van der Waals surface area contributed by atoms with Crippen molar-refractivity contribution in [3.8, 4) is 68.3 Å². The third-order valence-corrected chi connectivity index (χ3v) is 6.88. The Morgan fingerprint density at radius 2 is 1.22 bits per heavy atom. The number of hydrogen-bond acceptors (Lipinski definition) is 10. The van der Waals surface area contributed by atoms with Crippen molar-refractivity contribution in [1.29, 1.82) is 0 Å². The van der Waals surface area contributed by atoms with Gasteiger partial charge in [-0.2, -0.15) is 0 Å². The quantitative estimate of drug-likeness (QED) is 0.165. The maximum atomic E-state index is 13.1. The van der Waals surface area contributed by atoms with Gasteiger partial charge >= 0.3 is 0 Å². The summed E-state index contributed by atoms with van der Waals surface area (Å²) in [6.07, 6.45) is 0. The van der Waals surface area contributed by atoms with E-state index < -0.39 is 28.1 Å². The van der Waals surface area contributed by atoms with Crippen LogP contribution in [0.25, 0.3) is 55.7 Å². The van der Waals surface area contributed by atoms with Crippen molar-refractivity contribution >= 4 is 21.9 Å². The number of phenols is 6. The lowest BCUT2D eigenvalue weighted by atomic mass is 9.97. The second-order valence-electron chi connectivity index (χ2n) is 9.46. The predicted octanol–water partition coefficient (Wildman–Crippen LogP) is 5.44. The Morgan fingerprint density at radius 1 is 0.585 bits per heavy atom. The predicted molar refractivity (Wildman–Crippen MR) is 150 cm³/mol. The molecule has 41 heavy (non-hydrogen) atoms. The van der Waals surface area contributed by atoms with Gasteiger partial charge in [0.2, 0.25) is 0 Å². The van der Waals surface area contributed by atoms with Crippen LogP contribution in [0.2, 0.25) is 0 Å². The highest BCUT2D eigenvalue weighted by Gasteiger charge is 2.23. The van der Waals surface area contributed by atoms with Crippen LogP contribution < -0.4 is 10.9 Å². The number of aromatic hydroxyl groups is 6. The van der Waals surface area contributed by atoms with Gasteiger partial charge in [-0.05, 0) is 49.4 Å². The maximum Gasteiger partial charge on any atom is 0.197 e. The molecule has 0 bridgehead atoms. The second kappa shape index (κ2) is 9.09. The molecule has 10 heteroatoms. The van der Waals surface area contributed by atoms with Gasteiger partial charge < -0.3 is 39.5 Å². The normalized spacial score (nSPS) is 11.3. The molecule has 2 aromatic heterocycles. The zero-order chi connectivity index (χ0) is 29.2. The number of hydrogen-bond donors (Lipinski definition) is 6. The average molecular weight is 552 g/mol. The van der Waals surface area contributed by atoms with Gasteiger partial charge in [0.1, 0.15) is 62.4 Å². The summed E-state index contributed by atoms with van der Waals surface area (Å²) < 4.78 is 11.8. The summed E-state index contributed by atoms with van der Waals surface area (Å²) in [4.78, 5) is 26.0. The Morgan fingerprint density at radius 3 is 1.93 bits per heavy atom. The molecule has 0 unspecified atom stereocenters. The van der Waals surface area contributed by atoms with Crippen LogP contribution >= 0.6 is 0 Å². The monoisotopic (exact) mass is 552 g/mol. The summed E-state index contributed by atoms with van der Waals surface area (Å²) in [7, 11) is 0. The van der Waals surface area contributed by atoms with Crippen LogP contribution in [0.5, 0.6) is 34.5 Å². The van der Waals surface area contributed by atoms with E-state index in [9.17, 15) is 40.2 Å². The van der Waals surface area contributed by atoms with Crippen molar-refractivity contribution in [2.45, 2.75) is 6.92 Å². The minimum atomic E-state index is -0.626. The molecule has 0 spiro atoms. The zero-order valence-corrected chi connectivity index (χ0v) is 21.2. The minimum absolute atomic E-state index is 0.00416. The molecule has 0 atom stereocenters. The fourth-order valence-corrected chi connectivity index (χ4v) is 4.75. The van der Waals surface area contributed by atoms with Crippen LogP contribution in [0.3, 0.4) is 0 Å². The lowest BCUT2D eigenvalue weighted by Gasteiger charge is -2.14. The molecule has 0 fully saturated rings. The summed E-state index contributed by atoms with van der Waals surface area (Å²) in [5.41, 5.74) is -0.856. The van der Waals surface area contributed by atoms with Gasteiger partial charge in [0, 0.05) is 46.5 Å². The first kappa shape index (κ1) is 25.4. The van der Waals surface area contributed by atoms with Crippen molar-refractivity contribution < 1.29 is 39.5 Å². The Labute approximate surface area is 229 Å². The molecule has 0 aliphatic heterocycles. The Kier molecular flexibility index (Phi) is 5.63. The standard InChI is InChI=1S/C31H20O10/c1-13-19(34)10-26-29(30(13)39)23(38)12-25(40-26)15-4-7-18(33)17(8-15)27-20(35)9-21(36)28-22(37)11-24(41-31(27)28)14-2-5-16(32)6-3-14/h2-12,32-36,39H,1H3. The summed E-state index contributed by atoms with van der Waals surface area (Å²) in [6.45, 7) is 1.45. The summed E-state index contributed by atoms with van der Waals surface area (Å²) in [5.74, 6) is -2.00. The number of phenolic OH excluding ortho intramolecular Hbond substituents is 6. The van der Waals surface area contributed by atoms with Gasteiger partial charge in [-0.25, -0.2) is 0 Å². The van der Waals surface area contributed by atoms with Crippen LogP contribution in [0.4, 0.5) is 0 Å². The first-order valence-corrected chi connectivity index (χ1v) is 12.2. The lowest BCUT2D eigenvalue weighted by molar-refractivity contribution is 0.445. The van der Waals surface area contributed by atoms with Crippen molar-refractivity contribution in [2.75, 3.05) is 0 Å². The Hall–Kier alpha value is -5.90. The lowest BCUT2D eigenvalue weighted by Crippen LogP contribution is -2.02. The summed E-state index contributed by atoms with van der Waals surface area (Å²) >= 11 is 0. The molecular formula is C31H20O10. The fourth-order valence-electron chi connectivity index (χ4n) is 4.75. The number of rotatable bonds is 3. The first-order chi connectivity index (χ1) is 19.5. The second-order valence-corrected chi connectivity index (χ2v) is 9.46. The summed E-state index contributed by atoms with van der Waals surface area (Å²) in [5, 5.41) is 61.9. The third kappa shape index (κ3) is 4.05. The van der Waals surface area contributed by atoms with E-state index in [0.29, 0.717) is 5.56 Å². The molecular weight excluding hydrogens is 532 g/mol. The van der Waals surface area contributed by atoms with E-state index in [-0.39, 0.29) is 73.0 Å².